The summed E-state index contributed by atoms with van der Waals surface area (Å²) in [5.74, 6) is 0.180. The minimum absolute atomic E-state index is 0.0495. The summed E-state index contributed by atoms with van der Waals surface area (Å²) in [6, 6.07) is 0. The molecule has 1 aliphatic rings. The third-order valence-electron chi connectivity index (χ3n) is 3.72. The molecule has 0 aromatic heterocycles. The Morgan fingerprint density at radius 1 is 0.895 bits per heavy atom. The average Bonchev–Trinajstić information content (AvgIpc) is 2.27. The fraction of sp³-hybridized carbons (Fsp3) is 1.00. The summed E-state index contributed by atoms with van der Waals surface area (Å²) in [5.41, 5.74) is -4.07. The molecular weight excluding hydrogens is 274 g/mol. The van der Waals surface area contributed by atoms with Crippen LogP contribution in [0, 0.1) is 5.92 Å². The van der Waals surface area contributed by atoms with Crippen LogP contribution in [0.25, 0.3) is 0 Å². The van der Waals surface area contributed by atoms with Crippen molar-refractivity contribution in [2.45, 2.75) is 63.4 Å². The van der Waals surface area contributed by atoms with E-state index in [1.54, 1.807) is 0 Å². The first-order valence-corrected chi connectivity index (χ1v) is 6.35. The first kappa shape index (κ1) is 16.6. The molecule has 1 nitrogen and oxygen atoms in total. The lowest BCUT2D eigenvalue weighted by molar-refractivity contribution is -0.374. The van der Waals surface area contributed by atoms with Crippen molar-refractivity contribution in [2.24, 2.45) is 5.92 Å². The quantitative estimate of drug-likeness (QED) is 0.673. The van der Waals surface area contributed by atoms with Gasteiger partial charge in [-0.25, -0.2) is 0 Å². The van der Waals surface area contributed by atoms with Crippen molar-refractivity contribution in [3.05, 3.63) is 0 Å². The minimum atomic E-state index is -5.46. The van der Waals surface area contributed by atoms with Crippen LogP contribution in [0.3, 0.4) is 0 Å². The number of ether oxygens (including phenoxy) is 1. The van der Waals surface area contributed by atoms with Crippen molar-refractivity contribution in [1.29, 1.82) is 0 Å². The van der Waals surface area contributed by atoms with E-state index < -0.39 is 24.6 Å². The molecule has 0 amide bonds. The van der Waals surface area contributed by atoms with Crippen molar-refractivity contribution in [3.63, 3.8) is 0 Å². The van der Waals surface area contributed by atoms with E-state index in [-0.39, 0.29) is 19.3 Å². The molecule has 19 heavy (non-hydrogen) atoms. The van der Waals surface area contributed by atoms with Gasteiger partial charge in [-0.15, -0.1) is 0 Å². The zero-order valence-corrected chi connectivity index (χ0v) is 10.7. The summed E-state index contributed by atoms with van der Waals surface area (Å²) in [6.45, 7) is -0.464. The van der Waals surface area contributed by atoms with Gasteiger partial charge in [-0.3, -0.25) is 0 Å². The lowest BCUT2D eigenvalue weighted by Gasteiger charge is -2.34. The van der Waals surface area contributed by atoms with E-state index in [4.69, 9.17) is 0 Å². The molecule has 0 aromatic rings. The molecule has 0 radical (unpaired) electrons. The van der Waals surface area contributed by atoms with Gasteiger partial charge in [0.1, 0.15) is 0 Å². The fourth-order valence-corrected chi connectivity index (χ4v) is 2.23. The zero-order chi connectivity index (χ0) is 14.7. The molecule has 0 unspecified atom stereocenters. The molecule has 0 N–H and O–H groups in total. The van der Waals surface area contributed by atoms with E-state index in [0.29, 0.717) is 0 Å². The SMILES string of the molecule is CC(OCCC1CCCCC1)(C(F)(F)F)C(F)(F)F. The Morgan fingerprint density at radius 3 is 1.79 bits per heavy atom. The van der Waals surface area contributed by atoms with E-state index >= 15 is 0 Å². The van der Waals surface area contributed by atoms with Gasteiger partial charge in [-0.2, -0.15) is 26.3 Å². The molecule has 0 heterocycles. The summed E-state index contributed by atoms with van der Waals surface area (Å²) in [6.07, 6.45) is -5.89. The van der Waals surface area contributed by atoms with Crippen molar-refractivity contribution in [3.8, 4) is 0 Å². The smallest absolute Gasteiger partial charge is 0.358 e. The molecule has 7 heteroatoms. The molecule has 0 saturated heterocycles. The number of rotatable bonds is 4. The highest BCUT2D eigenvalue weighted by Crippen LogP contribution is 2.45. The second-order valence-corrected chi connectivity index (χ2v) is 5.17. The van der Waals surface area contributed by atoms with Gasteiger partial charge in [0.2, 0.25) is 0 Å². The molecule has 0 spiro atoms. The first-order valence-electron chi connectivity index (χ1n) is 6.35. The molecule has 1 aliphatic carbocycles. The van der Waals surface area contributed by atoms with Crippen molar-refractivity contribution >= 4 is 0 Å². The molecule has 114 valence electrons. The van der Waals surface area contributed by atoms with E-state index in [2.05, 4.69) is 4.74 Å². The summed E-state index contributed by atoms with van der Waals surface area (Å²) in [5, 5.41) is 0. The largest absolute Gasteiger partial charge is 0.426 e. The number of hydrogen-bond donors (Lipinski definition) is 0. The predicted molar refractivity (Wildman–Crippen MR) is 57.7 cm³/mol. The zero-order valence-electron chi connectivity index (χ0n) is 10.7. The molecule has 1 saturated carbocycles. The Hall–Kier alpha value is -0.460. The maximum Gasteiger partial charge on any atom is 0.426 e. The van der Waals surface area contributed by atoms with Gasteiger partial charge in [-0.05, 0) is 19.3 Å². The molecular formula is C12H18F6O. The van der Waals surface area contributed by atoms with Gasteiger partial charge in [0.25, 0.3) is 5.60 Å². The standard InChI is InChI=1S/C12H18F6O/c1-10(11(13,14)15,12(16,17)18)19-8-7-9-5-3-2-4-6-9/h9H,2-8H2,1H3. The third kappa shape index (κ3) is 4.00. The van der Waals surface area contributed by atoms with Crippen LogP contribution in [-0.2, 0) is 4.74 Å². The van der Waals surface area contributed by atoms with Gasteiger partial charge < -0.3 is 4.74 Å². The van der Waals surface area contributed by atoms with Crippen LogP contribution >= 0.6 is 0 Å². The Morgan fingerprint density at radius 2 is 1.37 bits per heavy atom. The highest BCUT2D eigenvalue weighted by atomic mass is 19.4. The van der Waals surface area contributed by atoms with E-state index in [0.717, 1.165) is 32.1 Å². The maximum atomic E-state index is 12.5. The van der Waals surface area contributed by atoms with E-state index in [9.17, 15) is 26.3 Å². The van der Waals surface area contributed by atoms with E-state index in [1.807, 2.05) is 0 Å². The summed E-state index contributed by atoms with van der Waals surface area (Å²) >= 11 is 0. The van der Waals surface area contributed by atoms with Crippen molar-refractivity contribution in [2.75, 3.05) is 6.61 Å². The average molecular weight is 292 g/mol. The predicted octanol–water partition coefficient (Wildman–Crippen LogP) is 4.86. The lowest BCUT2D eigenvalue weighted by Crippen LogP contribution is -2.56. The van der Waals surface area contributed by atoms with Crippen molar-refractivity contribution in [1.82, 2.24) is 0 Å². The summed E-state index contributed by atoms with van der Waals surface area (Å²) < 4.78 is 79.3. The second-order valence-electron chi connectivity index (χ2n) is 5.17. The number of halogens is 6. The molecule has 0 aliphatic heterocycles. The van der Waals surface area contributed by atoms with Crippen LogP contribution in [0.5, 0.6) is 0 Å². The molecule has 0 bridgehead atoms. The normalized spacial score (nSPS) is 19.7. The summed E-state index contributed by atoms with van der Waals surface area (Å²) in [7, 11) is 0. The van der Waals surface area contributed by atoms with Crippen LogP contribution in [-0.4, -0.2) is 24.6 Å². The van der Waals surface area contributed by atoms with Gasteiger partial charge in [0.15, 0.2) is 0 Å². The second kappa shape index (κ2) is 5.89. The van der Waals surface area contributed by atoms with Crippen LogP contribution < -0.4 is 0 Å². The Labute approximate surface area is 108 Å². The van der Waals surface area contributed by atoms with Crippen molar-refractivity contribution < 1.29 is 31.1 Å². The first-order chi connectivity index (χ1) is 8.58. The van der Waals surface area contributed by atoms with Gasteiger partial charge in [-0.1, -0.05) is 32.1 Å². The highest BCUT2D eigenvalue weighted by molar-refractivity contribution is 4.91. The molecule has 1 rings (SSSR count). The number of hydrogen-bond acceptors (Lipinski definition) is 1. The maximum absolute atomic E-state index is 12.5. The van der Waals surface area contributed by atoms with Gasteiger partial charge in [0, 0.05) is 6.61 Å². The minimum Gasteiger partial charge on any atom is -0.358 e. The van der Waals surface area contributed by atoms with Crippen LogP contribution in [0.2, 0.25) is 0 Å². The third-order valence-corrected chi connectivity index (χ3v) is 3.72. The molecule has 1 fully saturated rings. The van der Waals surface area contributed by atoms with Crippen LogP contribution in [0.4, 0.5) is 26.3 Å². The van der Waals surface area contributed by atoms with Crippen LogP contribution in [0.1, 0.15) is 45.4 Å². The van der Waals surface area contributed by atoms with Gasteiger partial charge >= 0.3 is 12.4 Å². The Bertz CT molecular complexity index is 263. The summed E-state index contributed by atoms with van der Waals surface area (Å²) in [4.78, 5) is 0. The van der Waals surface area contributed by atoms with E-state index in [1.165, 1.54) is 0 Å². The lowest BCUT2D eigenvalue weighted by atomic mass is 9.87. The fourth-order valence-electron chi connectivity index (χ4n) is 2.23. The number of alkyl halides is 6. The molecule has 0 atom stereocenters. The van der Waals surface area contributed by atoms with Gasteiger partial charge in [0.05, 0.1) is 0 Å². The Balaban J connectivity index is 2.55. The monoisotopic (exact) mass is 292 g/mol. The Kier molecular flexibility index (Phi) is 5.15. The molecule has 0 aromatic carbocycles. The van der Waals surface area contributed by atoms with Crippen LogP contribution in [0.15, 0.2) is 0 Å². The highest BCUT2D eigenvalue weighted by Gasteiger charge is 2.69. The topological polar surface area (TPSA) is 9.23 Å².